The van der Waals surface area contributed by atoms with Crippen LogP contribution in [0.2, 0.25) is 5.02 Å². The second-order valence-corrected chi connectivity index (χ2v) is 6.70. The van der Waals surface area contributed by atoms with Crippen molar-refractivity contribution in [2.75, 3.05) is 7.05 Å². The van der Waals surface area contributed by atoms with Crippen LogP contribution in [0.5, 0.6) is 0 Å². The number of benzene rings is 1. The van der Waals surface area contributed by atoms with Gasteiger partial charge in [0, 0.05) is 17.5 Å². The smallest absolute Gasteiger partial charge is 0.399 e. The van der Waals surface area contributed by atoms with Gasteiger partial charge in [-0.15, -0.1) is 0 Å². The van der Waals surface area contributed by atoms with Gasteiger partial charge in [-0.05, 0) is 39.3 Å². The number of hydrogen-bond acceptors (Lipinski definition) is 3. The second kappa shape index (κ2) is 5.63. The van der Waals surface area contributed by atoms with Gasteiger partial charge in [0.1, 0.15) is 0 Å². The monoisotopic (exact) mass is 309 g/mol. The molecule has 4 nitrogen and oxygen atoms in total. The first-order chi connectivity index (χ1) is 9.66. The number of hydrogen-bond donors (Lipinski definition) is 1. The van der Waals surface area contributed by atoms with Crippen molar-refractivity contribution in [1.29, 1.82) is 0 Å². The maximum absolute atomic E-state index is 11.5. The third-order valence-electron chi connectivity index (χ3n) is 4.21. The van der Waals surface area contributed by atoms with E-state index in [1.54, 1.807) is 13.1 Å². The number of carbonyl (C=O) groups is 1. The van der Waals surface area contributed by atoms with E-state index < -0.39 is 18.3 Å². The lowest BCUT2D eigenvalue weighted by molar-refractivity contribution is -0.119. The van der Waals surface area contributed by atoms with Crippen molar-refractivity contribution in [1.82, 2.24) is 5.32 Å². The van der Waals surface area contributed by atoms with E-state index >= 15 is 0 Å². The van der Waals surface area contributed by atoms with E-state index in [0.29, 0.717) is 11.4 Å². The van der Waals surface area contributed by atoms with Crippen LogP contribution in [0.15, 0.2) is 18.2 Å². The maximum Gasteiger partial charge on any atom is 0.496 e. The van der Waals surface area contributed by atoms with E-state index in [0.717, 1.165) is 11.0 Å². The summed E-state index contributed by atoms with van der Waals surface area (Å²) < 4.78 is 12.0. The average Bonchev–Trinajstić information content (AvgIpc) is 2.60. The molecular formula is C15H21BClNO3. The van der Waals surface area contributed by atoms with Crippen LogP contribution in [-0.4, -0.2) is 31.3 Å². The van der Waals surface area contributed by atoms with Crippen LogP contribution < -0.4 is 10.8 Å². The van der Waals surface area contributed by atoms with E-state index in [-0.39, 0.29) is 5.91 Å². The first-order valence-corrected chi connectivity index (χ1v) is 7.38. The van der Waals surface area contributed by atoms with Crippen LogP contribution in [0.4, 0.5) is 0 Å². The molecule has 0 spiro atoms. The van der Waals surface area contributed by atoms with Crippen molar-refractivity contribution >= 4 is 30.1 Å². The molecule has 114 valence electrons. The molecule has 1 N–H and O–H groups in total. The van der Waals surface area contributed by atoms with Crippen molar-refractivity contribution in [2.45, 2.75) is 45.3 Å². The molecule has 1 amide bonds. The summed E-state index contributed by atoms with van der Waals surface area (Å²) >= 11 is 6.27. The summed E-state index contributed by atoms with van der Waals surface area (Å²) in [6, 6.07) is 5.49. The standard InChI is InChI=1S/C15H21BClNO3/c1-14(2)15(3,4)21-16(20-14)11-8-10(6-7-12(11)17)9-13(19)18-5/h6-8H,9H2,1-5H3,(H,18,19). The number of nitrogens with one attached hydrogen (secondary N) is 1. The highest BCUT2D eigenvalue weighted by molar-refractivity contribution is 6.65. The van der Waals surface area contributed by atoms with Crippen molar-refractivity contribution in [3.05, 3.63) is 28.8 Å². The van der Waals surface area contributed by atoms with E-state index in [9.17, 15) is 4.79 Å². The molecule has 0 bridgehead atoms. The summed E-state index contributed by atoms with van der Waals surface area (Å²) in [5.41, 5.74) is 0.801. The summed E-state index contributed by atoms with van der Waals surface area (Å²) in [5, 5.41) is 3.19. The Labute approximate surface area is 131 Å². The van der Waals surface area contributed by atoms with Gasteiger partial charge in [-0.2, -0.15) is 0 Å². The quantitative estimate of drug-likeness (QED) is 0.868. The summed E-state index contributed by atoms with van der Waals surface area (Å²) in [5.74, 6) is -0.0443. The number of carbonyl (C=O) groups excluding carboxylic acids is 1. The van der Waals surface area contributed by atoms with Crippen LogP contribution >= 0.6 is 11.6 Å². The zero-order valence-electron chi connectivity index (χ0n) is 13.1. The van der Waals surface area contributed by atoms with Crippen molar-refractivity contribution in [3.8, 4) is 0 Å². The lowest BCUT2D eigenvalue weighted by atomic mass is 9.78. The van der Waals surface area contributed by atoms with Gasteiger partial charge in [-0.1, -0.05) is 23.7 Å². The molecule has 1 aliphatic heterocycles. The Morgan fingerprint density at radius 2 is 1.81 bits per heavy atom. The fourth-order valence-corrected chi connectivity index (χ4v) is 2.33. The van der Waals surface area contributed by atoms with Crippen molar-refractivity contribution in [2.24, 2.45) is 0 Å². The van der Waals surface area contributed by atoms with Gasteiger partial charge >= 0.3 is 7.12 Å². The second-order valence-electron chi connectivity index (χ2n) is 6.29. The minimum Gasteiger partial charge on any atom is -0.399 e. The third-order valence-corrected chi connectivity index (χ3v) is 4.56. The maximum atomic E-state index is 11.5. The minimum atomic E-state index is -0.521. The molecule has 1 aromatic carbocycles. The molecular weight excluding hydrogens is 288 g/mol. The lowest BCUT2D eigenvalue weighted by Crippen LogP contribution is -2.41. The molecule has 1 saturated heterocycles. The van der Waals surface area contributed by atoms with Gasteiger partial charge in [0.15, 0.2) is 0 Å². The highest BCUT2D eigenvalue weighted by Crippen LogP contribution is 2.37. The summed E-state index contributed by atoms with van der Waals surface area (Å²) in [4.78, 5) is 11.5. The number of amides is 1. The largest absolute Gasteiger partial charge is 0.496 e. The van der Waals surface area contributed by atoms with Crippen LogP contribution in [0.1, 0.15) is 33.3 Å². The molecule has 0 aliphatic carbocycles. The van der Waals surface area contributed by atoms with Gasteiger partial charge in [0.05, 0.1) is 17.6 Å². The van der Waals surface area contributed by atoms with Crippen molar-refractivity contribution < 1.29 is 14.1 Å². The van der Waals surface area contributed by atoms with Gasteiger partial charge in [-0.3, -0.25) is 4.79 Å². The minimum absolute atomic E-state index is 0.0443. The van der Waals surface area contributed by atoms with Gasteiger partial charge in [-0.25, -0.2) is 0 Å². The topological polar surface area (TPSA) is 47.6 Å². The molecule has 1 heterocycles. The predicted octanol–water partition coefficient (Wildman–Crippen LogP) is 1.93. The SMILES string of the molecule is CNC(=O)Cc1ccc(Cl)c(B2OC(C)(C)C(C)(C)O2)c1. The third kappa shape index (κ3) is 3.25. The predicted molar refractivity (Wildman–Crippen MR) is 84.9 cm³/mol. The van der Waals surface area contributed by atoms with Crippen LogP contribution in [0, 0.1) is 0 Å². The Morgan fingerprint density at radius 1 is 1.24 bits per heavy atom. The van der Waals surface area contributed by atoms with Crippen LogP contribution in [-0.2, 0) is 20.5 Å². The zero-order chi connectivity index (χ0) is 15.8. The van der Waals surface area contributed by atoms with Crippen molar-refractivity contribution in [3.63, 3.8) is 0 Å². The van der Waals surface area contributed by atoms with E-state index in [4.69, 9.17) is 20.9 Å². The number of halogens is 1. The molecule has 21 heavy (non-hydrogen) atoms. The Morgan fingerprint density at radius 3 is 2.33 bits per heavy atom. The summed E-state index contributed by atoms with van der Waals surface area (Å²) in [7, 11) is 1.10. The van der Waals surface area contributed by atoms with Gasteiger partial charge in [0.25, 0.3) is 0 Å². The van der Waals surface area contributed by atoms with Gasteiger partial charge in [0.2, 0.25) is 5.91 Å². The molecule has 1 fully saturated rings. The molecule has 0 radical (unpaired) electrons. The number of rotatable bonds is 3. The van der Waals surface area contributed by atoms with Gasteiger partial charge < -0.3 is 14.6 Å². The van der Waals surface area contributed by atoms with E-state index in [2.05, 4.69) is 5.32 Å². The first kappa shape index (κ1) is 16.3. The normalized spacial score (nSPS) is 19.6. The van der Waals surface area contributed by atoms with E-state index in [1.165, 1.54) is 0 Å². The average molecular weight is 310 g/mol. The molecule has 0 unspecified atom stereocenters. The molecule has 2 rings (SSSR count). The Bertz CT molecular complexity index is 544. The molecule has 1 aliphatic rings. The lowest BCUT2D eigenvalue weighted by Gasteiger charge is -2.32. The highest BCUT2D eigenvalue weighted by Gasteiger charge is 2.52. The molecule has 0 atom stereocenters. The fraction of sp³-hybridized carbons (Fsp3) is 0.533. The van der Waals surface area contributed by atoms with Crippen LogP contribution in [0.25, 0.3) is 0 Å². The Hall–Kier alpha value is -1.04. The Kier molecular flexibility index (Phi) is 4.38. The highest BCUT2D eigenvalue weighted by atomic mass is 35.5. The summed E-state index contributed by atoms with van der Waals surface area (Å²) in [6.45, 7) is 7.98. The zero-order valence-corrected chi connectivity index (χ0v) is 13.9. The molecule has 1 aromatic rings. The summed E-state index contributed by atoms with van der Waals surface area (Å²) in [6.07, 6.45) is 0.306. The molecule has 0 saturated carbocycles. The molecule has 0 aromatic heterocycles. The number of likely N-dealkylation sites (N-methyl/N-ethyl adjacent to an activating group) is 1. The van der Waals surface area contributed by atoms with Crippen LogP contribution in [0.3, 0.4) is 0 Å². The van der Waals surface area contributed by atoms with E-state index in [1.807, 2.05) is 39.8 Å². The first-order valence-electron chi connectivity index (χ1n) is 7.01. The molecule has 6 heteroatoms. The fourth-order valence-electron chi connectivity index (χ4n) is 2.13. The Balaban J connectivity index is 2.28.